The highest BCUT2D eigenvalue weighted by molar-refractivity contribution is 5.80. The molecule has 0 spiro atoms. The Morgan fingerprint density at radius 2 is 1.02 bits per heavy atom. The SMILES string of the molecule is CCCCCCCCCCCCCCCCCCCC(O)C(=O)NC(COC1OC(CO)C(O)C(O)C1O)C(O)C(O)CCCCCCCCC. The molecule has 1 aliphatic heterocycles. The summed E-state index contributed by atoms with van der Waals surface area (Å²) in [6, 6.07) is -1.16. The first-order chi connectivity index (χ1) is 24.7. The van der Waals surface area contributed by atoms with Crippen molar-refractivity contribution < 1.29 is 50.0 Å². The largest absolute Gasteiger partial charge is 0.394 e. The molecule has 1 aliphatic rings. The Bertz CT molecular complexity index is 805. The summed E-state index contributed by atoms with van der Waals surface area (Å²) in [4.78, 5) is 13.0. The first-order valence-electron chi connectivity index (χ1n) is 20.9. The van der Waals surface area contributed by atoms with Gasteiger partial charge < -0.3 is 50.5 Å². The van der Waals surface area contributed by atoms with Gasteiger partial charge in [-0.2, -0.15) is 0 Å². The van der Waals surface area contributed by atoms with Crippen LogP contribution in [-0.4, -0.2) is 110 Å². The molecule has 0 aliphatic carbocycles. The molecular weight excluding hydrogens is 654 g/mol. The summed E-state index contributed by atoms with van der Waals surface area (Å²) >= 11 is 0. The maximum atomic E-state index is 13.0. The molecule has 1 heterocycles. The zero-order chi connectivity index (χ0) is 37.7. The number of carbonyl (C=O) groups excluding carboxylic acids is 1. The van der Waals surface area contributed by atoms with E-state index in [4.69, 9.17) is 9.47 Å². The topological polar surface area (TPSA) is 189 Å². The van der Waals surface area contributed by atoms with E-state index in [2.05, 4.69) is 19.2 Å². The number of ether oxygens (including phenoxy) is 2. The van der Waals surface area contributed by atoms with Gasteiger partial charge in [0.05, 0.1) is 25.4 Å². The van der Waals surface area contributed by atoms with Crippen molar-refractivity contribution in [3.8, 4) is 0 Å². The highest BCUT2D eigenvalue weighted by Crippen LogP contribution is 2.23. The third kappa shape index (κ3) is 22.2. The lowest BCUT2D eigenvalue weighted by molar-refractivity contribution is -0.303. The van der Waals surface area contributed by atoms with Gasteiger partial charge in [-0.25, -0.2) is 0 Å². The fourth-order valence-electron chi connectivity index (χ4n) is 6.85. The number of aliphatic hydroxyl groups is 7. The number of unbranched alkanes of at least 4 members (excludes halogenated alkanes) is 22. The van der Waals surface area contributed by atoms with E-state index in [9.17, 15) is 40.5 Å². The lowest BCUT2D eigenvalue weighted by Crippen LogP contribution is -2.60. The van der Waals surface area contributed by atoms with Gasteiger partial charge in [0.1, 0.15) is 36.6 Å². The Balaban J connectivity index is 2.43. The van der Waals surface area contributed by atoms with E-state index in [1.165, 1.54) is 96.3 Å². The van der Waals surface area contributed by atoms with Crippen molar-refractivity contribution in [2.24, 2.45) is 0 Å². The zero-order valence-corrected chi connectivity index (χ0v) is 32.4. The molecule has 8 N–H and O–H groups in total. The first kappa shape index (κ1) is 48.1. The third-order valence-corrected chi connectivity index (χ3v) is 10.4. The molecule has 0 bridgehead atoms. The Labute approximate surface area is 309 Å². The average molecular weight is 734 g/mol. The second kappa shape index (κ2) is 31.5. The van der Waals surface area contributed by atoms with E-state index in [0.29, 0.717) is 19.3 Å². The van der Waals surface area contributed by atoms with Crippen molar-refractivity contribution in [1.82, 2.24) is 5.32 Å². The van der Waals surface area contributed by atoms with Gasteiger partial charge in [-0.1, -0.05) is 168 Å². The van der Waals surface area contributed by atoms with Gasteiger partial charge in [-0.15, -0.1) is 0 Å². The van der Waals surface area contributed by atoms with Crippen LogP contribution < -0.4 is 5.32 Å². The van der Waals surface area contributed by atoms with Gasteiger partial charge >= 0.3 is 0 Å². The van der Waals surface area contributed by atoms with Crippen LogP contribution in [-0.2, 0) is 14.3 Å². The number of hydrogen-bond donors (Lipinski definition) is 8. The van der Waals surface area contributed by atoms with Crippen LogP contribution in [0, 0.1) is 0 Å². The summed E-state index contributed by atoms with van der Waals surface area (Å²) in [5.74, 6) is -0.698. The van der Waals surface area contributed by atoms with Crippen molar-refractivity contribution in [3.05, 3.63) is 0 Å². The molecular formula is C40H79NO10. The Morgan fingerprint density at radius 1 is 0.608 bits per heavy atom. The van der Waals surface area contributed by atoms with E-state index in [1.807, 2.05) is 0 Å². The third-order valence-electron chi connectivity index (χ3n) is 10.4. The maximum Gasteiger partial charge on any atom is 0.249 e. The molecule has 11 nitrogen and oxygen atoms in total. The number of amides is 1. The van der Waals surface area contributed by atoms with Crippen LogP contribution in [0.2, 0.25) is 0 Å². The average Bonchev–Trinajstić information content (AvgIpc) is 3.13. The summed E-state index contributed by atoms with van der Waals surface area (Å²) in [6.07, 6.45) is 17.6. The van der Waals surface area contributed by atoms with Crippen LogP contribution in [0.3, 0.4) is 0 Å². The smallest absolute Gasteiger partial charge is 0.249 e. The van der Waals surface area contributed by atoms with Crippen LogP contribution in [0.15, 0.2) is 0 Å². The van der Waals surface area contributed by atoms with Gasteiger partial charge in [0, 0.05) is 0 Å². The summed E-state index contributed by atoms with van der Waals surface area (Å²) in [5.41, 5.74) is 0. The molecule has 0 aromatic rings. The van der Waals surface area contributed by atoms with Crippen molar-refractivity contribution in [2.45, 2.75) is 236 Å². The second-order valence-electron chi connectivity index (χ2n) is 15.1. The number of aliphatic hydroxyl groups excluding tert-OH is 7. The van der Waals surface area contributed by atoms with Crippen molar-refractivity contribution in [3.63, 3.8) is 0 Å². The minimum atomic E-state index is -1.65. The molecule has 51 heavy (non-hydrogen) atoms. The highest BCUT2D eigenvalue weighted by atomic mass is 16.7. The summed E-state index contributed by atoms with van der Waals surface area (Å²) < 4.78 is 11.0. The minimum Gasteiger partial charge on any atom is -0.394 e. The maximum absolute atomic E-state index is 13.0. The Morgan fingerprint density at radius 3 is 1.45 bits per heavy atom. The molecule has 0 saturated carbocycles. The summed E-state index contributed by atoms with van der Waals surface area (Å²) in [5, 5.41) is 75.1. The van der Waals surface area contributed by atoms with E-state index in [-0.39, 0.29) is 6.42 Å². The van der Waals surface area contributed by atoms with Crippen LogP contribution in [0.25, 0.3) is 0 Å². The van der Waals surface area contributed by atoms with Crippen LogP contribution in [0.5, 0.6) is 0 Å². The van der Waals surface area contributed by atoms with Crippen molar-refractivity contribution in [2.75, 3.05) is 13.2 Å². The first-order valence-corrected chi connectivity index (χ1v) is 20.9. The predicted molar refractivity (Wildman–Crippen MR) is 201 cm³/mol. The fraction of sp³-hybridized carbons (Fsp3) is 0.975. The molecule has 1 rings (SSSR count). The molecule has 11 heteroatoms. The predicted octanol–water partition coefficient (Wildman–Crippen LogP) is 5.55. The van der Waals surface area contributed by atoms with E-state index in [0.717, 1.165) is 44.9 Å². The molecule has 1 saturated heterocycles. The van der Waals surface area contributed by atoms with Gasteiger partial charge in [0.25, 0.3) is 0 Å². The monoisotopic (exact) mass is 734 g/mol. The molecule has 9 atom stereocenters. The number of nitrogens with one attached hydrogen (secondary N) is 1. The fourth-order valence-corrected chi connectivity index (χ4v) is 6.85. The molecule has 9 unspecified atom stereocenters. The molecule has 1 fully saturated rings. The van der Waals surface area contributed by atoms with Crippen molar-refractivity contribution >= 4 is 5.91 Å². The number of rotatable bonds is 34. The van der Waals surface area contributed by atoms with Gasteiger partial charge in [-0.3, -0.25) is 4.79 Å². The quantitative estimate of drug-likeness (QED) is 0.0390. The van der Waals surface area contributed by atoms with E-state index >= 15 is 0 Å². The summed E-state index contributed by atoms with van der Waals surface area (Å²) in [6.45, 7) is 3.37. The highest BCUT2D eigenvalue weighted by Gasteiger charge is 2.44. The standard InChI is InChI=1S/C40H79NO10/c1-3-5-7-9-11-12-13-14-15-16-17-18-19-20-22-24-26-28-33(44)39(49)41-31(35(45)32(43)27-25-23-21-10-8-6-4-2)30-50-40-38(48)37(47)36(46)34(29-42)51-40/h31-38,40,42-48H,3-30H2,1-2H3,(H,41,49). The van der Waals surface area contributed by atoms with Gasteiger partial charge in [0.2, 0.25) is 5.91 Å². The Hall–Kier alpha value is -0.890. The minimum absolute atomic E-state index is 0.265. The molecule has 1 amide bonds. The molecule has 0 aromatic carbocycles. The second-order valence-corrected chi connectivity index (χ2v) is 15.1. The van der Waals surface area contributed by atoms with Crippen LogP contribution in [0.4, 0.5) is 0 Å². The lowest BCUT2D eigenvalue weighted by atomic mass is 9.98. The normalized spacial score (nSPS) is 23.2. The van der Waals surface area contributed by atoms with Crippen LogP contribution >= 0.6 is 0 Å². The van der Waals surface area contributed by atoms with E-state index in [1.54, 1.807) is 0 Å². The van der Waals surface area contributed by atoms with Crippen LogP contribution in [0.1, 0.15) is 181 Å². The zero-order valence-electron chi connectivity index (χ0n) is 32.4. The summed E-state index contributed by atoms with van der Waals surface area (Å²) in [7, 11) is 0. The van der Waals surface area contributed by atoms with Gasteiger partial charge in [0.15, 0.2) is 6.29 Å². The number of carbonyl (C=O) groups is 1. The molecule has 0 aromatic heterocycles. The number of hydrogen-bond acceptors (Lipinski definition) is 10. The lowest BCUT2D eigenvalue weighted by Gasteiger charge is -2.40. The molecule has 0 radical (unpaired) electrons. The Kier molecular flexibility index (Phi) is 29.7. The van der Waals surface area contributed by atoms with Crippen molar-refractivity contribution in [1.29, 1.82) is 0 Å². The van der Waals surface area contributed by atoms with E-state index < -0.39 is 74.2 Å². The van der Waals surface area contributed by atoms with Gasteiger partial charge in [-0.05, 0) is 12.8 Å². The molecule has 304 valence electrons.